The minimum atomic E-state index is -3.67. The molecule has 0 radical (unpaired) electrons. The van der Waals surface area contributed by atoms with Crippen LogP contribution in [0.25, 0.3) is 0 Å². The Hall–Kier alpha value is -0.920. The Kier molecular flexibility index (Phi) is 4.29. The molecule has 0 aromatic carbocycles. The lowest BCUT2D eigenvalue weighted by molar-refractivity contribution is 0.129. The van der Waals surface area contributed by atoms with Gasteiger partial charge in [-0.25, -0.2) is 13.1 Å². The van der Waals surface area contributed by atoms with E-state index in [2.05, 4.69) is 9.88 Å². The fourth-order valence-corrected chi connectivity index (χ4v) is 2.74. The summed E-state index contributed by atoms with van der Waals surface area (Å²) in [5, 5.41) is 13.1. The van der Waals surface area contributed by atoms with Gasteiger partial charge in [-0.3, -0.25) is 0 Å². The SMILES string of the molecule is Cc1noc(C)c1S(=O)(=O)NCC(O)C(C)C. The molecule has 0 saturated heterocycles. The predicted octanol–water partition coefficient (Wildman–Crippen LogP) is 0.587. The molecule has 6 nitrogen and oxygen atoms in total. The van der Waals surface area contributed by atoms with Gasteiger partial charge in [-0.15, -0.1) is 0 Å². The van der Waals surface area contributed by atoms with E-state index in [0.717, 1.165) is 0 Å². The van der Waals surface area contributed by atoms with Crippen molar-refractivity contribution in [2.45, 2.75) is 38.7 Å². The lowest BCUT2D eigenvalue weighted by Gasteiger charge is -2.14. The highest BCUT2D eigenvalue weighted by atomic mass is 32.2. The van der Waals surface area contributed by atoms with Crippen molar-refractivity contribution in [3.8, 4) is 0 Å². The van der Waals surface area contributed by atoms with E-state index in [4.69, 9.17) is 4.52 Å². The van der Waals surface area contributed by atoms with E-state index in [1.807, 2.05) is 13.8 Å². The summed E-state index contributed by atoms with van der Waals surface area (Å²) in [6.45, 7) is 6.70. The van der Waals surface area contributed by atoms with Crippen LogP contribution in [0.1, 0.15) is 25.3 Å². The van der Waals surface area contributed by atoms with Gasteiger partial charge in [0.1, 0.15) is 10.6 Å². The second-order valence-electron chi connectivity index (χ2n) is 4.32. The molecule has 1 rings (SSSR count). The molecule has 1 aromatic rings. The smallest absolute Gasteiger partial charge is 0.246 e. The molecule has 0 fully saturated rings. The highest BCUT2D eigenvalue weighted by molar-refractivity contribution is 7.89. The highest BCUT2D eigenvalue weighted by Crippen LogP contribution is 2.18. The van der Waals surface area contributed by atoms with E-state index < -0.39 is 16.1 Å². The molecule has 0 aliphatic heterocycles. The molecular formula is C10H18N2O4S. The number of aliphatic hydroxyl groups is 1. The van der Waals surface area contributed by atoms with Crippen LogP contribution in [0.4, 0.5) is 0 Å². The first-order valence-corrected chi connectivity index (χ1v) is 6.84. The number of aliphatic hydroxyl groups excluding tert-OH is 1. The number of rotatable bonds is 5. The van der Waals surface area contributed by atoms with E-state index >= 15 is 0 Å². The number of nitrogens with one attached hydrogen (secondary N) is 1. The average molecular weight is 262 g/mol. The van der Waals surface area contributed by atoms with Gasteiger partial charge >= 0.3 is 0 Å². The maximum atomic E-state index is 11.9. The Morgan fingerprint density at radius 2 is 2.00 bits per heavy atom. The van der Waals surface area contributed by atoms with Crippen LogP contribution < -0.4 is 4.72 Å². The molecule has 0 spiro atoms. The van der Waals surface area contributed by atoms with Crippen molar-refractivity contribution in [1.82, 2.24) is 9.88 Å². The minimum Gasteiger partial charge on any atom is -0.391 e. The number of hydrogen-bond acceptors (Lipinski definition) is 5. The van der Waals surface area contributed by atoms with E-state index in [1.54, 1.807) is 6.92 Å². The molecule has 1 atom stereocenters. The number of sulfonamides is 1. The van der Waals surface area contributed by atoms with E-state index in [-0.39, 0.29) is 23.1 Å². The summed E-state index contributed by atoms with van der Waals surface area (Å²) in [5.74, 6) is 0.233. The molecule has 7 heteroatoms. The lowest BCUT2D eigenvalue weighted by Crippen LogP contribution is -2.35. The van der Waals surface area contributed by atoms with Crippen molar-refractivity contribution in [1.29, 1.82) is 0 Å². The molecule has 98 valence electrons. The Labute approximate surface area is 101 Å². The zero-order chi connectivity index (χ0) is 13.2. The van der Waals surface area contributed by atoms with Gasteiger partial charge in [0.2, 0.25) is 10.0 Å². The number of aryl methyl sites for hydroxylation is 2. The van der Waals surface area contributed by atoms with Gasteiger partial charge in [-0.2, -0.15) is 0 Å². The predicted molar refractivity (Wildman–Crippen MR) is 62.0 cm³/mol. The van der Waals surface area contributed by atoms with Crippen LogP contribution in [0, 0.1) is 19.8 Å². The Bertz CT molecular complexity index is 459. The second kappa shape index (κ2) is 5.16. The summed E-state index contributed by atoms with van der Waals surface area (Å²) in [7, 11) is -3.67. The normalized spacial score (nSPS) is 14.2. The van der Waals surface area contributed by atoms with Gasteiger partial charge in [0, 0.05) is 6.54 Å². The maximum Gasteiger partial charge on any atom is 0.246 e. The third kappa shape index (κ3) is 3.27. The average Bonchev–Trinajstić information content (AvgIpc) is 2.55. The molecule has 0 aliphatic rings. The monoisotopic (exact) mass is 262 g/mol. The number of hydrogen-bond donors (Lipinski definition) is 2. The lowest BCUT2D eigenvalue weighted by atomic mass is 10.1. The third-order valence-electron chi connectivity index (χ3n) is 2.49. The summed E-state index contributed by atoms with van der Waals surface area (Å²) >= 11 is 0. The number of nitrogens with zero attached hydrogens (tertiary/aromatic N) is 1. The first-order chi connectivity index (χ1) is 7.75. The molecule has 0 saturated carbocycles. The molecule has 0 amide bonds. The van der Waals surface area contributed by atoms with E-state index in [9.17, 15) is 13.5 Å². The maximum absolute atomic E-state index is 11.9. The summed E-state index contributed by atoms with van der Waals surface area (Å²) in [6.07, 6.45) is -0.717. The van der Waals surface area contributed by atoms with Gasteiger partial charge in [0.15, 0.2) is 5.76 Å². The summed E-state index contributed by atoms with van der Waals surface area (Å²) in [4.78, 5) is 0.0495. The van der Waals surface area contributed by atoms with Crippen LogP contribution in [-0.4, -0.2) is 31.3 Å². The molecule has 1 heterocycles. The summed E-state index contributed by atoms with van der Waals surface area (Å²) in [6, 6.07) is 0. The van der Waals surface area contributed by atoms with Gasteiger partial charge in [0.05, 0.1) is 6.10 Å². The fourth-order valence-electron chi connectivity index (χ4n) is 1.36. The van der Waals surface area contributed by atoms with Crippen molar-refractivity contribution < 1.29 is 18.0 Å². The van der Waals surface area contributed by atoms with Gasteiger partial charge in [-0.05, 0) is 19.8 Å². The summed E-state index contributed by atoms with van der Waals surface area (Å²) in [5.41, 5.74) is 0.314. The highest BCUT2D eigenvalue weighted by Gasteiger charge is 2.25. The topological polar surface area (TPSA) is 92.4 Å². The minimum absolute atomic E-state index is 0.0117. The molecule has 1 unspecified atom stereocenters. The van der Waals surface area contributed by atoms with Crippen molar-refractivity contribution in [2.24, 2.45) is 5.92 Å². The zero-order valence-corrected chi connectivity index (χ0v) is 11.2. The van der Waals surface area contributed by atoms with Crippen LogP contribution in [0.2, 0.25) is 0 Å². The Morgan fingerprint density at radius 3 is 2.41 bits per heavy atom. The van der Waals surface area contributed by atoms with E-state index in [0.29, 0.717) is 5.69 Å². The summed E-state index contributed by atoms with van der Waals surface area (Å²) < 4.78 is 31.0. The van der Waals surface area contributed by atoms with Crippen LogP contribution in [0.5, 0.6) is 0 Å². The zero-order valence-electron chi connectivity index (χ0n) is 10.4. The molecular weight excluding hydrogens is 244 g/mol. The fraction of sp³-hybridized carbons (Fsp3) is 0.700. The third-order valence-corrected chi connectivity index (χ3v) is 4.16. The first-order valence-electron chi connectivity index (χ1n) is 5.36. The van der Waals surface area contributed by atoms with Gasteiger partial charge < -0.3 is 9.63 Å². The first kappa shape index (κ1) is 14.1. The van der Waals surface area contributed by atoms with Gasteiger partial charge in [-0.1, -0.05) is 19.0 Å². The molecule has 1 aromatic heterocycles. The van der Waals surface area contributed by atoms with Crippen LogP contribution in [0.15, 0.2) is 9.42 Å². The van der Waals surface area contributed by atoms with Crippen molar-refractivity contribution in [2.75, 3.05) is 6.54 Å². The molecule has 0 aliphatic carbocycles. The van der Waals surface area contributed by atoms with E-state index in [1.165, 1.54) is 6.92 Å². The van der Waals surface area contributed by atoms with Gasteiger partial charge in [0.25, 0.3) is 0 Å². The van der Waals surface area contributed by atoms with Crippen molar-refractivity contribution in [3.05, 3.63) is 11.5 Å². The van der Waals surface area contributed by atoms with Crippen LogP contribution >= 0.6 is 0 Å². The second-order valence-corrected chi connectivity index (χ2v) is 6.02. The Balaban J connectivity index is 2.84. The van der Waals surface area contributed by atoms with Crippen molar-refractivity contribution >= 4 is 10.0 Å². The molecule has 2 N–H and O–H groups in total. The van der Waals surface area contributed by atoms with Crippen LogP contribution in [0.3, 0.4) is 0 Å². The molecule has 17 heavy (non-hydrogen) atoms. The Morgan fingerprint density at radius 1 is 1.41 bits per heavy atom. The molecule has 0 bridgehead atoms. The van der Waals surface area contributed by atoms with Crippen LogP contribution in [-0.2, 0) is 10.0 Å². The quantitative estimate of drug-likeness (QED) is 0.810. The standard InChI is InChI=1S/C10H18N2O4S/c1-6(2)9(13)5-11-17(14,15)10-7(3)12-16-8(10)4/h6,9,11,13H,5H2,1-4H3. The largest absolute Gasteiger partial charge is 0.391 e. The van der Waals surface area contributed by atoms with Crippen molar-refractivity contribution in [3.63, 3.8) is 0 Å². The number of aromatic nitrogens is 1.